The van der Waals surface area contributed by atoms with E-state index in [4.69, 9.17) is 9.47 Å². The van der Waals surface area contributed by atoms with Crippen LogP contribution in [0.15, 0.2) is 41.3 Å². The summed E-state index contributed by atoms with van der Waals surface area (Å²) in [7, 11) is -3.09. The summed E-state index contributed by atoms with van der Waals surface area (Å²) < 4.78 is 54.8. The molecule has 1 saturated heterocycles. The van der Waals surface area contributed by atoms with Crippen LogP contribution in [0.3, 0.4) is 0 Å². The fraction of sp³-hybridized carbons (Fsp3) is 0.429. The molecule has 9 nitrogen and oxygen atoms in total. The van der Waals surface area contributed by atoms with Crippen LogP contribution >= 0.6 is 0 Å². The second kappa shape index (κ2) is 11.8. The summed E-state index contributed by atoms with van der Waals surface area (Å²) in [6, 6.07) is 6.63. The fourth-order valence-electron chi connectivity index (χ4n) is 5.24. The molecule has 2 unspecified atom stereocenters. The first kappa shape index (κ1) is 28.7. The molecule has 0 aromatic heterocycles. The van der Waals surface area contributed by atoms with E-state index in [0.717, 1.165) is 30.8 Å². The SMILES string of the molecule is CCN(CC)C/C=C\c1cc(F)ccc1S(=O)(=O)Nc1ccc2c(c1C(=O)OC)N(C(C)=O)CC1OCCC21. The Morgan fingerprint density at radius 2 is 1.97 bits per heavy atom. The number of nitrogens with zero attached hydrogens (tertiary/aromatic N) is 2. The van der Waals surface area contributed by atoms with Gasteiger partial charge < -0.3 is 19.3 Å². The van der Waals surface area contributed by atoms with Gasteiger partial charge in [0.15, 0.2) is 0 Å². The average Bonchev–Trinajstić information content (AvgIpc) is 3.38. The summed E-state index contributed by atoms with van der Waals surface area (Å²) in [4.78, 5) is 29.1. The first-order valence-electron chi connectivity index (χ1n) is 13.0. The topological polar surface area (TPSA) is 105 Å². The van der Waals surface area contributed by atoms with Crippen LogP contribution in [-0.2, 0) is 24.3 Å². The van der Waals surface area contributed by atoms with Crippen molar-refractivity contribution in [2.75, 3.05) is 49.5 Å². The molecule has 2 aromatic carbocycles. The molecule has 0 spiro atoms. The van der Waals surface area contributed by atoms with Crippen molar-refractivity contribution in [2.24, 2.45) is 0 Å². The molecule has 2 aliphatic rings. The number of fused-ring (bicyclic) bond motifs is 3. The Balaban J connectivity index is 1.78. The highest BCUT2D eigenvalue weighted by Gasteiger charge is 2.42. The standard InChI is InChI=1S/C28H34FN3O6S/c1-5-31(6-2)14-7-8-19-16-20(29)9-12-25(19)39(35,36)30-23-11-10-22-21-13-15-38-24(21)17-32(18(3)33)27(22)26(23)28(34)37-4/h7-12,16,21,24,30H,5-6,13-15,17H2,1-4H3/b8-7-. The van der Waals surface area contributed by atoms with Crippen LogP contribution < -0.4 is 9.62 Å². The van der Waals surface area contributed by atoms with E-state index in [1.54, 1.807) is 18.2 Å². The van der Waals surface area contributed by atoms with Gasteiger partial charge in [0, 0.05) is 26.0 Å². The van der Waals surface area contributed by atoms with Gasteiger partial charge in [-0.2, -0.15) is 0 Å². The summed E-state index contributed by atoms with van der Waals surface area (Å²) in [5, 5.41) is 0. The zero-order valence-electron chi connectivity index (χ0n) is 22.6. The molecule has 1 fully saturated rings. The summed E-state index contributed by atoms with van der Waals surface area (Å²) in [6.45, 7) is 8.39. The smallest absolute Gasteiger partial charge is 0.342 e. The maximum absolute atomic E-state index is 14.1. The lowest BCUT2D eigenvalue weighted by atomic mass is 9.85. The Hall–Kier alpha value is -3.28. The summed E-state index contributed by atoms with van der Waals surface area (Å²) in [6.07, 6.45) is 3.86. The van der Waals surface area contributed by atoms with E-state index >= 15 is 0 Å². The second-order valence-corrected chi connectivity index (χ2v) is 11.2. The van der Waals surface area contributed by atoms with E-state index in [2.05, 4.69) is 9.62 Å². The quantitative estimate of drug-likeness (QED) is 0.463. The van der Waals surface area contributed by atoms with E-state index in [0.29, 0.717) is 25.3 Å². The number of hydrogen-bond donors (Lipinski definition) is 1. The molecule has 0 saturated carbocycles. The van der Waals surface area contributed by atoms with Gasteiger partial charge in [0.1, 0.15) is 11.4 Å². The number of nitrogens with one attached hydrogen (secondary N) is 1. The number of sulfonamides is 1. The zero-order chi connectivity index (χ0) is 28.3. The van der Waals surface area contributed by atoms with Crippen molar-refractivity contribution < 1.29 is 31.9 Å². The Morgan fingerprint density at radius 3 is 2.64 bits per heavy atom. The normalized spacial score (nSPS) is 18.8. The number of methoxy groups -OCH3 is 1. The van der Waals surface area contributed by atoms with E-state index in [-0.39, 0.29) is 46.2 Å². The van der Waals surface area contributed by atoms with Crippen LogP contribution in [0.5, 0.6) is 0 Å². The molecular weight excluding hydrogens is 525 g/mol. The second-order valence-electron chi connectivity index (χ2n) is 9.53. The first-order valence-corrected chi connectivity index (χ1v) is 14.5. The van der Waals surface area contributed by atoms with Crippen molar-refractivity contribution in [3.8, 4) is 0 Å². The molecule has 1 N–H and O–H groups in total. The van der Waals surface area contributed by atoms with Crippen LogP contribution in [0.2, 0.25) is 0 Å². The van der Waals surface area contributed by atoms with Gasteiger partial charge in [-0.1, -0.05) is 32.1 Å². The fourth-order valence-corrected chi connectivity index (χ4v) is 6.49. The van der Waals surface area contributed by atoms with Crippen molar-refractivity contribution in [1.82, 2.24) is 4.90 Å². The van der Waals surface area contributed by atoms with Crippen molar-refractivity contribution in [2.45, 2.75) is 44.1 Å². The number of rotatable bonds is 9. The minimum Gasteiger partial charge on any atom is -0.465 e. The molecule has 210 valence electrons. The van der Waals surface area contributed by atoms with Gasteiger partial charge in [0.2, 0.25) is 5.91 Å². The predicted octanol–water partition coefficient (Wildman–Crippen LogP) is 4.01. The largest absolute Gasteiger partial charge is 0.465 e. The van der Waals surface area contributed by atoms with Crippen molar-refractivity contribution in [3.05, 3.63) is 58.9 Å². The number of benzene rings is 2. The number of hydrogen-bond acceptors (Lipinski definition) is 7. The lowest BCUT2D eigenvalue weighted by Crippen LogP contribution is -2.43. The number of carbonyl (C=O) groups is 2. The lowest BCUT2D eigenvalue weighted by molar-refractivity contribution is -0.117. The highest BCUT2D eigenvalue weighted by atomic mass is 32.2. The van der Waals surface area contributed by atoms with Crippen molar-refractivity contribution in [1.29, 1.82) is 0 Å². The monoisotopic (exact) mass is 559 g/mol. The number of amides is 1. The number of ether oxygens (including phenoxy) is 2. The minimum atomic E-state index is -4.29. The molecule has 2 aromatic rings. The number of anilines is 2. The Labute approximate surface area is 228 Å². The maximum Gasteiger partial charge on any atom is 0.342 e. The highest BCUT2D eigenvalue weighted by Crippen LogP contribution is 2.46. The Bertz CT molecular complexity index is 1390. The number of carbonyl (C=O) groups excluding carboxylic acids is 2. The van der Waals surface area contributed by atoms with E-state index in [1.165, 1.54) is 31.1 Å². The van der Waals surface area contributed by atoms with Crippen molar-refractivity contribution in [3.63, 3.8) is 0 Å². The summed E-state index contributed by atoms with van der Waals surface area (Å²) in [5.74, 6) is -1.71. The summed E-state index contributed by atoms with van der Waals surface area (Å²) in [5.41, 5.74) is 1.12. The van der Waals surface area contributed by atoms with Gasteiger partial charge in [-0.05, 0) is 54.9 Å². The van der Waals surface area contributed by atoms with Gasteiger partial charge in [0.25, 0.3) is 10.0 Å². The molecule has 39 heavy (non-hydrogen) atoms. The molecule has 0 radical (unpaired) electrons. The van der Waals surface area contributed by atoms with Gasteiger partial charge >= 0.3 is 5.97 Å². The minimum absolute atomic E-state index is 0.0355. The van der Waals surface area contributed by atoms with Gasteiger partial charge in [-0.3, -0.25) is 9.52 Å². The lowest BCUT2D eigenvalue weighted by Gasteiger charge is -2.37. The Morgan fingerprint density at radius 1 is 1.23 bits per heavy atom. The molecule has 11 heteroatoms. The Kier molecular flexibility index (Phi) is 8.73. The number of esters is 1. The third-order valence-electron chi connectivity index (χ3n) is 7.28. The number of likely N-dealkylation sites (N-methyl/N-ethyl adjacent to an activating group) is 1. The van der Waals surface area contributed by atoms with Gasteiger partial charge in [-0.25, -0.2) is 17.6 Å². The van der Waals surface area contributed by atoms with Crippen molar-refractivity contribution >= 4 is 39.4 Å². The molecule has 4 rings (SSSR count). The average molecular weight is 560 g/mol. The molecule has 0 aliphatic carbocycles. The van der Waals surface area contributed by atoms with Crippen LogP contribution in [0.4, 0.5) is 15.8 Å². The van der Waals surface area contributed by atoms with Crippen LogP contribution in [-0.4, -0.2) is 71.2 Å². The number of halogens is 1. The van der Waals surface area contributed by atoms with E-state index < -0.39 is 21.8 Å². The maximum atomic E-state index is 14.1. The molecule has 1 amide bonds. The molecular formula is C28H34FN3O6S. The predicted molar refractivity (Wildman–Crippen MR) is 147 cm³/mol. The third-order valence-corrected chi connectivity index (χ3v) is 8.72. The summed E-state index contributed by atoms with van der Waals surface area (Å²) >= 11 is 0. The van der Waals surface area contributed by atoms with E-state index in [9.17, 15) is 22.4 Å². The third kappa shape index (κ3) is 5.85. The highest BCUT2D eigenvalue weighted by molar-refractivity contribution is 7.92. The van der Waals surface area contributed by atoms with E-state index in [1.807, 2.05) is 13.8 Å². The zero-order valence-corrected chi connectivity index (χ0v) is 23.4. The molecule has 2 atom stereocenters. The van der Waals surface area contributed by atoms with Crippen LogP contribution in [0.1, 0.15) is 54.6 Å². The van der Waals surface area contributed by atoms with Crippen LogP contribution in [0, 0.1) is 5.82 Å². The molecule has 0 bridgehead atoms. The van der Waals surface area contributed by atoms with Gasteiger partial charge in [0.05, 0.1) is 36.0 Å². The first-order chi connectivity index (χ1) is 18.6. The van der Waals surface area contributed by atoms with Gasteiger partial charge in [-0.15, -0.1) is 0 Å². The van der Waals surface area contributed by atoms with Crippen LogP contribution in [0.25, 0.3) is 6.08 Å². The molecule has 2 aliphatic heterocycles. The molecule has 2 heterocycles.